The third-order valence-electron chi connectivity index (χ3n) is 3.37. The van der Waals surface area contributed by atoms with E-state index >= 15 is 0 Å². The van der Waals surface area contributed by atoms with Crippen molar-refractivity contribution < 1.29 is 0 Å². The van der Waals surface area contributed by atoms with Crippen molar-refractivity contribution in [2.24, 2.45) is 9.98 Å². The van der Waals surface area contributed by atoms with Gasteiger partial charge in [-0.05, 0) is 61.4 Å². The smallest absolute Gasteiger partial charge is 0.0680 e. The third kappa shape index (κ3) is 2.15. The van der Waals surface area contributed by atoms with Crippen LogP contribution in [-0.2, 0) is 0 Å². The number of nitrogens with zero attached hydrogens (tertiary/aromatic N) is 2. The highest BCUT2D eigenvalue weighted by molar-refractivity contribution is 5.84. The topological polar surface area (TPSA) is 40.5 Å². The van der Waals surface area contributed by atoms with Crippen molar-refractivity contribution >= 4 is 23.6 Å². The molecule has 0 fully saturated rings. The van der Waals surface area contributed by atoms with Gasteiger partial charge in [-0.2, -0.15) is 0 Å². The zero-order valence-electron chi connectivity index (χ0n) is 11.0. The molecular weight excluding hydrogens is 234 g/mol. The van der Waals surface area contributed by atoms with Crippen molar-refractivity contribution in [3.8, 4) is 0 Å². The van der Waals surface area contributed by atoms with E-state index in [-0.39, 0.29) is 0 Å². The number of aromatic amines is 1. The minimum absolute atomic E-state index is 1.01. The first-order chi connectivity index (χ1) is 9.25. The molecule has 0 saturated carbocycles. The summed E-state index contributed by atoms with van der Waals surface area (Å²) in [6.07, 6.45) is 11.6. The molecule has 3 heterocycles. The lowest BCUT2D eigenvalue weighted by Gasteiger charge is -2.02. The first kappa shape index (κ1) is 11.7. The monoisotopic (exact) mass is 249 g/mol. The average Bonchev–Trinajstić information content (AvgIpc) is 3.16. The highest BCUT2D eigenvalue weighted by atomic mass is 14.8. The van der Waals surface area contributed by atoms with Crippen molar-refractivity contribution in [3.05, 3.63) is 59.2 Å². The molecule has 2 aliphatic heterocycles. The Labute approximate surface area is 112 Å². The van der Waals surface area contributed by atoms with E-state index in [2.05, 4.69) is 40.9 Å². The number of aliphatic imine (C=N–C) groups is 2. The molecule has 3 heteroatoms. The van der Waals surface area contributed by atoms with Gasteiger partial charge in [-0.1, -0.05) is 0 Å². The molecule has 0 spiro atoms. The molecule has 19 heavy (non-hydrogen) atoms. The zero-order valence-corrected chi connectivity index (χ0v) is 11.0. The largest absolute Gasteiger partial charge is 0.355 e. The Kier molecular flexibility index (Phi) is 2.88. The molecule has 3 rings (SSSR count). The minimum Gasteiger partial charge on any atom is -0.355 e. The van der Waals surface area contributed by atoms with E-state index in [0.29, 0.717) is 0 Å². The molecule has 1 N–H and O–H groups in total. The van der Waals surface area contributed by atoms with Crippen LogP contribution in [0.25, 0.3) is 11.1 Å². The molecule has 0 unspecified atom stereocenters. The van der Waals surface area contributed by atoms with E-state index in [1.807, 2.05) is 36.7 Å². The minimum atomic E-state index is 1.01. The lowest BCUT2D eigenvalue weighted by atomic mass is 10.1. The molecule has 3 nitrogen and oxygen atoms in total. The number of hydrogen-bond donors (Lipinski definition) is 1. The van der Waals surface area contributed by atoms with Crippen LogP contribution in [-0.4, -0.2) is 17.4 Å². The summed E-state index contributed by atoms with van der Waals surface area (Å²) in [4.78, 5) is 12.1. The van der Waals surface area contributed by atoms with Crippen LogP contribution < -0.4 is 0 Å². The Morgan fingerprint density at radius 2 is 1.32 bits per heavy atom. The Morgan fingerprint density at radius 3 is 1.68 bits per heavy atom. The van der Waals surface area contributed by atoms with E-state index in [1.165, 1.54) is 0 Å². The summed E-state index contributed by atoms with van der Waals surface area (Å²) in [5.74, 6) is 0. The van der Waals surface area contributed by atoms with Crippen LogP contribution >= 0.6 is 0 Å². The van der Waals surface area contributed by atoms with Crippen LogP contribution in [0, 0.1) is 0 Å². The van der Waals surface area contributed by atoms with Gasteiger partial charge in [0.1, 0.15) is 0 Å². The molecule has 0 bridgehead atoms. The molecule has 0 atom stereocenters. The molecule has 0 aliphatic carbocycles. The van der Waals surface area contributed by atoms with E-state index in [9.17, 15) is 0 Å². The third-order valence-corrected chi connectivity index (χ3v) is 3.37. The van der Waals surface area contributed by atoms with Gasteiger partial charge in [0.05, 0.1) is 11.4 Å². The van der Waals surface area contributed by atoms with Crippen LogP contribution in [0.3, 0.4) is 0 Å². The Balaban J connectivity index is 1.97. The van der Waals surface area contributed by atoms with Crippen molar-refractivity contribution in [1.82, 2.24) is 4.98 Å². The normalized spacial score (nSPS) is 21.6. The molecule has 1 aromatic rings. The van der Waals surface area contributed by atoms with Crippen molar-refractivity contribution in [3.63, 3.8) is 0 Å². The second kappa shape index (κ2) is 4.69. The quantitative estimate of drug-likeness (QED) is 0.829. The standard InChI is InChI=1S/C16H15N3/c1-11(13-5-3-9-17-13)15-7-8-16(19-15)12(2)14-6-4-10-18-14/h3-10,19H,1-2H3/b13-11-,14-12-. The lowest BCUT2D eigenvalue weighted by Crippen LogP contribution is -1.87. The summed E-state index contributed by atoms with van der Waals surface area (Å²) in [5, 5.41) is 0. The fourth-order valence-electron chi connectivity index (χ4n) is 2.15. The number of H-pyrrole nitrogens is 1. The van der Waals surface area contributed by atoms with Crippen LogP contribution in [0.1, 0.15) is 25.2 Å². The number of nitrogens with one attached hydrogen (secondary N) is 1. The number of rotatable bonds is 2. The van der Waals surface area contributed by atoms with Crippen LogP contribution in [0.5, 0.6) is 0 Å². The molecule has 0 aromatic carbocycles. The first-order valence-electron chi connectivity index (χ1n) is 6.28. The SMILES string of the molecule is C/C(=C1\C=CC=N1)c1ccc(/C(C)=C2/C=CC=N2)[nH]1. The van der Waals surface area contributed by atoms with Crippen LogP contribution in [0.15, 0.2) is 57.8 Å². The van der Waals surface area contributed by atoms with E-state index in [4.69, 9.17) is 0 Å². The molecule has 0 radical (unpaired) electrons. The van der Waals surface area contributed by atoms with E-state index in [1.54, 1.807) is 0 Å². The predicted octanol–water partition coefficient (Wildman–Crippen LogP) is 3.76. The zero-order chi connectivity index (χ0) is 13.2. The maximum absolute atomic E-state index is 4.32. The van der Waals surface area contributed by atoms with Crippen LogP contribution in [0.4, 0.5) is 0 Å². The maximum Gasteiger partial charge on any atom is 0.0680 e. The van der Waals surface area contributed by atoms with Crippen molar-refractivity contribution in [2.75, 3.05) is 0 Å². The summed E-state index contributed by atoms with van der Waals surface area (Å²) < 4.78 is 0. The summed E-state index contributed by atoms with van der Waals surface area (Å²) in [6.45, 7) is 4.15. The van der Waals surface area contributed by atoms with Gasteiger partial charge in [-0.3, -0.25) is 9.98 Å². The Morgan fingerprint density at radius 1 is 0.842 bits per heavy atom. The highest BCUT2D eigenvalue weighted by Crippen LogP contribution is 2.25. The van der Waals surface area contributed by atoms with E-state index in [0.717, 1.165) is 33.9 Å². The molecule has 2 aliphatic rings. The second-order valence-corrected chi connectivity index (χ2v) is 4.58. The molecule has 0 saturated heterocycles. The predicted molar refractivity (Wildman–Crippen MR) is 81.2 cm³/mol. The fraction of sp³-hybridized carbons (Fsp3) is 0.125. The molecule has 0 amide bonds. The van der Waals surface area contributed by atoms with Gasteiger partial charge in [0, 0.05) is 23.8 Å². The van der Waals surface area contributed by atoms with E-state index < -0.39 is 0 Å². The molecule has 94 valence electrons. The summed E-state index contributed by atoms with van der Waals surface area (Å²) >= 11 is 0. The van der Waals surface area contributed by atoms with Crippen LogP contribution in [0.2, 0.25) is 0 Å². The lowest BCUT2D eigenvalue weighted by molar-refractivity contribution is 1.26. The van der Waals surface area contributed by atoms with Crippen molar-refractivity contribution in [1.29, 1.82) is 0 Å². The summed E-state index contributed by atoms with van der Waals surface area (Å²) in [5.41, 5.74) is 6.52. The van der Waals surface area contributed by atoms with Gasteiger partial charge >= 0.3 is 0 Å². The maximum atomic E-state index is 4.32. The van der Waals surface area contributed by atoms with Crippen molar-refractivity contribution in [2.45, 2.75) is 13.8 Å². The number of hydrogen-bond acceptors (Lipinski definition) is 2. The summed E-state index contributed by atoms with van der Waals surface area (Å²) in [7, 11) is 0. The van der Waals surface area contributed by atoms with Gasteiger partial charge in [0.25, 0.3) is 0 Å². The number of allylic oxidation sites excluding steroid dienone is 6. The fourth-order valence-corrected chi connectivity index (χ4v) is 2.15. The second-order valence-electron chi connectivity index (χ2n) is 4.58. The van der Waals surface area contributed by atoms with Gasteiger partial charge in [0.2, 0.25) is 0 Å². The molecule has 1 aromatic heterocycles. The van der Waals surface area contributed by atoms with Gasteiger partial charge in [0.15, 0.2) is 0 Å². The average molecular weight is 249 g/mol. The Hall–Kier alpha value is -2.42. The van der Waals surface area contributed by atoms with Gasteiger partial charge in [-0.15, -0.1) is 0 Å². The van der Waals surface area contributed by atoms with Gasteiger partial charge in [-0.25, -0.2) is 0 Å². The number of aromatic nitrogens is 1. The first-order valence-corrected chi connectivity index (χ1v) is 6.28. The highest BCUT2D eigenvalue weighted by Gasteiger charge is 2.09. The molecular formula is C16H15N3. The van der Waals surface area contributed by atoms with Gasteiger partial charge < -0.3 is 4.98 Å². The Bertz CT molecular complexity index is 605. The summed E-state index contributed by atoms with van der Waals surface area (Å²) in [6, 6.07) is 4.18.